The van der Waals surface area contributed by atoms with Crippen LogP contribution in [0.25, 0.3) is 4.85 Å². The topological polar surface area (TPSA) is 13.6 Å². The summed E-state index contributed by atoms with van der Waals surface area (Å²) < 4.78 is 31.8. The van der Waals surface area contributed by atoms with Gasteiger partial charge >= 0.3 is 0 Å². The van der Waals surface area contributed by atoms with Crippen LogP contribution in [0.3, 0.4) is 0 Å². The number of nitrogens with zero attached hydrogens (tertiary/aromatic N) is 1. The third-order valence-corrected chi connectivity index (χ3v) is 12.7. The molecule has 0 N–H and O–H groups in total. The molecule has 2 nitrogen and oxygen atoms in total. The molecule has 0 spiro atoms. The summed E-state index contributed by atoms with van der Waals surface area (Å²) in [6.45, 7) is 60.1. The van der Waals surface area contributed by atoms with Gasteiger partial charge in [0.1, 0.15) is 17.4 Å². The minimum Gasteiger partial charge on any atom is -0.496 e. The largest absolute Gasteiger partial charge is 0.496 e. The highest BCUT2D eigenvalue weighted by Crippen LogP contribution is 2.34. The van der Waals surface area contributed by atoms with Crippen LogP contribution in [-0.4, -0.2) is 7.11 Å². The quantitative estimate of drug-likeness (QED) is 0.150. The molecule has 6 aromatic rings. The van der Waals surface area contributed by atoms with Crippen LogP contribution in [-0.2, 0) is 32.5 Å². The standard InChI is InChI=1S/C12H15N.C12H18O.C12H18.2C11H15F.C11H16/c1-9-8-10(12(2,3)4)6-7-11(9)13-5;1-9-7-6-8-10(11(9)13-5)12(2,3)4;1-9-6-7-11(8-10(9)2)12(3,4)5;1-8-7-9(11(2,3)4)5-6-10(8)12;1-8-6-5-7-9(10(8)12)11(2,3)4;1-9-6-5-7-10(8-9)11(2,3)4/h6-8H,1-4H3;6-8H,1-5H3;6-8H,1-5H3;2*5-7H,1-4H3;5-8H,1-4H3. The minimum atomic E-state index is -0.122. The zero-order chi connectivity index (χ0) is 56.7. The Labute approximate surface area is 446 Å². The molecule has 4 heteroatoms. The Kier molecular flexibility index (Phi) is 24.3. The van der Waals surface area contributed by atoms with E-state index >= 15 is 0 Å². The van der Waals surface area contributed by atoms with Crippen molar-refractivity contribution >= 4 is 5.69 Å². The van der Waals surface area contributed by atoms with E-state index in [2.05, 4.69) is 203 Å². The lowest BCUT2D eigenvalue weighted by Gasteiger charge is -2.23. The van der Waals surface area contributed by atoms with Gasteiger partial charge in [-0.15, -0.1) is 0 Å². The van der Waals surface area contributed by atoms with Gasteiger partial charge in [0.15, 0.2) is 5.69 Å². The van der Waals surface area contributed by atoms with Crippen LogP contribution in [0, 0.1) is 66.7 Å². The van der Waals surface area contributed by atoms with Crippen LogP contribution in [0.5, 0.6) is 5.75 Å². The first kappa shape index (κ1) is 65.5. The van der Waals surface area contributed by atoms with Crippen LogP contribution in [0.1, 0.15) is 197 Å². The zero-order valence-corrected chi connectivity index (χ0v) is 50.6. The average molecular weight is 995 g/mol. The molecule has 0 fully saturated rings. The highest BCUT2D eigenvalue weighted by molar-refractivity contribution is 5.53. The average Bonchev–Trinajstić information content (AvgIpc) is 3.25. The molecule has 0 aliphatic rings. The van der Waals surface area contributed by atoms with Crippen LogP contribution in [0.15, 0.2) is 115 Å². The molecule has 398 valence electrons. The fourth-order valence-electron chi connectivity index (χ4n) is 7.42. The number of ether oxygens (including phenoxy) is 1. The molecule has 0 unspecified atom stereocenters. The van der Waals surface area contributed by atoms with Gasteiger partial charge in [-0.25, -0.2) is 13.6 Å². The minimum absolute atomic E-state index is 0.0648. The van der Waals surface area contributed by atoms with Gasteiger partial charge in [-0.05, 0) is 154 Å². The summed E-state index contributed by atoms with van der Waals surface area (Å²) in [5.41, 5.74) is 16.9. The van der Waals surface area contributed by atoms with Gasteiger partial charge in [0.2, 0.25) is 0 Å². The fraction of sp³-hybridized carbons (Fsp3) is 0.464. The highest BCUT2D eigenvalue weighted by Gasteiger charge is 2.21. The molecule has 0 bridgehead atoms. The number of hydrogen-bond acceptors (Lipinski definition) is 1. The molecular formula is C69H97F2NO. The van der Waals surface area contributed by atoms with Crippen molar-refractivity contribution in [2.45, 2.75) is 206 Å². The number of hydrogen-bond donors (Lipinski definition) is 0. The molecule has 0 saturated carbocycles. The molecule has 0 radical (unpaired) electrons. The number of aryl methyl sites for hydroxylation is 7. The Bertz CT molecular complexity index is 2640. The summed E-state index contributed by atoms with van der Waals surface area (Å²) >= 11 is 0. The van der Waals surface area contributed by atoms with Crippen LogP contribution in [0.2, 0.25) is 0 Å². The van der Waals surface area contributed by atoms with E-state index in [4.69, 9.17) is 11.3 Å². The molecule has 0 aromatic heterocycles. The second-order valence-corrected chi connectivity index (χ2v) is 25.8. The summed E-state index contributed by atoms with van der Waals surface area (Å²) in [5, 5.41) is 0. The van der Waals surface area contributed by atoms with Gasteiger partial charge in [-0.3, -0.25) is 0 Å². The third-order valence-electron chi connectivity index (χ3n) is 12.7. The highest BCUT2D eigenvalue weighted by atomic mass is 19.1. The number of para-hydroxylation sites is 1. The first-order valence-corrected chi connectivity index (χ1v) is 26.0. The van der Waals surface area contributed by atoms with E-state index in [1.807, 2.05) is 64.1 Å². The van der Waals surface area contributed by atoms with Gasteiger partial charge in [0, 0.05) is 0 Å². The van der Waals surface area contributed by atoms with Gasteiger partial charge in [-0.1, -0.05) is 239 Å². The van der Waals surface area contributed by atoms with Crippen molar-refractivity contribution < 1.29 is 13.5 Å². The SMILES string of the molecule is COc1c(C)cccc1C(C)(C)C.Cc1cc(C(C)(C)C)ccc1F.Cc1ccc(C(C)(C)C)cc1C.Cc1cccc(C(C)(C)C)c1.Cc1cccc(C(C)(C)C)c1F.[C-]#[N+]c1ccc(C(C)(C)C)cc1C. The van der Waals surface area contributed by atoms with Crippen molar-refractivity contribution in [3.63, 3.8) is 0 Å². The number of rotatable bonds is 1. The lowest BCUT2D eigenvalue weighted by molar-refractivity contribution is 0.394. The molecule has 0 atom stereocenters. The third kappa shape index (κ3) is 22.2. The normalized spacial score (nSPS) is 11.5. The molecule has 6 aromatic carbocycles. The molecule has 6 rings (SSSR count). The van der Waals surface area contributed by atoms with E-state index in [0.717, 1.165) is 33.7 Å². The molecule has 0 aliphatic heterocycles. The Morgan fingerprint density at radius 1 is 0.370 bits per heavy atom. The molecule has 0 aliphatic carbocycles. The lowest BCUT2D eigenvalue weighted by atomic mass is 9.85. The summed E-state index contributed by atoms with van der Waals surface area (Å²) in [4.78, 5) is 3.44. The maximum absolute atomic E-state index is 13.5. The summed E-state index contributed by atoms with van der Waals surface area (Å²) in [6, 6.07) is 38.6. The van der Waals surface area contributed by atoms with Gasteiger partial charge < -0.3 is 4.74 Å². The van der Waals surface area contributed by atoms with Crippen molar-refractivity contribution in [1.82, 2.24) is 0 Å². The first-order valence-electron chi connectivity index (χ1n) is 26.0. The second kappa shape index (κ2) is 27.1. The van der Waals surface area contributed by atoms with Crippen molar-refractivity contribution in [1.29, 1.82) is 0 Å². The van der Waals surface area contributed by atoms with E-state index < -0.39 is 0 Å². The predicted molar refractivity (Wildman–Crippen MR) is 317 cm³/mol. The molecule has 0 amide bonds. The Morgan fingerprint density at radius 3 is 1.12 bits per heavy atom. The van der Waals surface area contributed by atoms with E-state index in [0.29, 0.717) is 0 Å². The zero-order valence-electron chi connectivity index (χ0n) is 50.6. The van der Waals surface area contributed by atoms with Crippen LogP contribution in [0.4, 0.5) is 14.5 Å². The summed E-state index contributed by atoms with van der Waals surface area (Å²) in [7, 11) is 1.73. The van der Waals surface area contributed by atoms with Gasteiger partial charge in [-0.2, -0.15) is 0 Å². The monoisotopic (exact) mass is 994 g/mol. The number of benzene rings is 6. The van der Waals surface area contributed by atoms with E-state index in [1.54, 1.807) is 27.0 Å². The van der Waals surface area contributed by atoms with Crippen molar-refractivity contribution in [2.75, 3.05) is 7.11 Å². The molecular weight excluding hydrogens is 897 g/mol. The van der Waals surface area contributed by atoms with Crippen molar-refractivity contribution in [3.8, 4) is 5.75 Å². The van der Waals surface area contributed by atoms with E-state index in [1.165, 1.54) is 56.1 Å². The van der Waals surface area contributed by atoms with Crippen LogP contribution < -0.4 is 4.74 Å². The summed E-state index contributed by atoms with van der Waals surface area (Å²) in [5.74, 6) is 0.836. The molecule has 0 heterocycles. The van der Waals surface area contributed by atoms with E-state index in [9.17, 15) is 8.78 Å². The van der Waals surface area contributed by atoms with Crippen molar-refractivity contribution in [2.24, 2.45) is 0 Å². The lowest BCUT2D eigenvalue weighted by Crippen LogP contribution is -2.13. The fourth-order valence-corrected chi connectivity index (χ4v) is 7.42. The van der Waals surface area contributed by atoms with Crippen molar-refractivity contribution in [3.05, 3.63) is 211 Å². The molecule has 0 saturated heterocycles. The van der Waals surface area contributed by atoms with Gasteiger partial charge in [0.05, 0.1) is 13.7 Å². The predicted octanol–water partition coefficient (Wildman–Crippen LogP) is 20.9. The Morgan fingerprint density at radius 2 is 0.767 bits per heavy atom. The maximum atomic E-state index is 13.5. The second-order valence-electron chi connectivity index (χ2n) is 25.8. The Hall–Kier alpha value is -5.53. The van der Waals surface area contributed by atoms with Gasteiger partial charge in [0.25, 0.3) is 0 Å². The summed E-state index contributed by atoms with van der Waals surface area (Å²) in [6.07, 6.45) is 0. The van der Waals surface area contributed by atoms with E-state index in [-0.39, 0.29) is 44.1 Å². The maximum Gasteiger partial charge on any atom is 0.190 e. The smallest absolute Gasteiger partial charge is 0.190 e. The first-order chi connectivity index (χ1) is 33.2. The van der Waals surface area contributed by atoms with Crippen LogP contribution >= 0.6 is 0 Å². The number of methoxy groups -OCH3 is 1. The Balaban J connectivity index is 0.000000438. The number of halogens is 2. The molecule has 73 heavy (non-hydrogen) atoms.